The molecule has 1 aromatic carbocycles. The molecule has 2 aliphatic heterocycles. The number of anilines is 1. The van der Waals surface area contributed by atoms with E-state index in [0.717, 1.165) is 32.5 Å². The lowest BCUT2D eigenvalue weighted by Crippen LogP contribution is -2.38. The molecule has 5 nitrogen and oxygen atoms in total. The number of rotatable bonds is 3. The molecule has 1 unspecified atom stereocenters. The smallest absolute Gasteiger partial charge is 0.410 e. The second-order valence-corrected chi connectivity index (χ2v) is 9.72. The first-order valence-electron chi connectivity index (χ1n) is 10.3. The number of aryl methyl sites for hydroxylation is 1. The Morgan fingerprint density at radius 1 is 1.29 bits per heavy atom. The van der Waals surface area contributed by atoms with Gasteiger partial charge in [0.2, 0.25) is 0 Å². The summed E-state index contributed by atoms with van der Waals surface area (Å²) in [6, 6.07) is 2.39. The summed E-state index contributed by atoms with van der Waals surface area (Å²) in [5, 5.41) is 0. The molecule has 1 atom stereocenters. The lowest BCUT2D eigenvalue weighted by molar-refractivity contribution is 0.0248. The normalized spacial score (nSPS) is 19.7. The van der Waals surface area contributed by atoms with Gasteiger partial charge in [-0.2, -0.15) is 0 Å². The third-order valence-electron chi connectivity index (χ3n) is 5.52. The number of nitrogens with zero attached hydrogens (tertiary/aromatic N) is 2. The molecule has 0 spiro atoms. The van der Waals surface area contributed by atoms with Crippen LogP contribution in [0.15, 0.2) is 10.5 Å². The average Bonchev–Trinajstić information content (AvgIpc) is 2.78. The van der Waals surface area contributed by atoms with Crippen LogP contribution >= 0.6 is 15.9 Å². The van der Waals surface area contributed by atoms with E-state index in [0.29, 0.717) is 13.1 Å². The molecular formula is C22H33BrN2O3. The van der Waals surface area contributed by atoms with Gasteiger partial charge in [-0.25, -0.2) is 4.79 Å². The van der Waals surface area contributed by atoms with Crippen molar-refractivity contribution in [2.24, 2.45) is 0 Å². The Labute approximate surface area is 177 Å². The van der Waals surface area contributed by atoms with E-state index < -0.39 is 5.60 Å². The predicted octanol–water partition coefficient (Wildman–Crippen LogP) is 4.74. The molecule has 0 N–H and O–H groups in total. The first kappa shape index (κ1) is 21.4. The summed E-state index contributed by atoms with van der Waals surface area (Å²) < 4.78 is 12.1. The molecule has 0 saturated heterocycles. The topological polar surface area (TPSA) is 42.0 Å². The van der Waals surface area contributed by atoms with Crippen LogP contribution in [0.5, 0.6) is 0 Å². The van der Waals surface area contributed by atoms with Crippen molar-refractivity contribution in [3.8, 4) is 0 Å². The van der Waals surface area contributed by atoms with Crippen LogP contribution in [0.1, 0.15) is 56.7 Å². The van der Waals surface area contributed by atoms with Gasteiger partial charge in [0.15, 0.2) is 0 Å². The Bertz CT molecular complexity index is 729. The van der Waals surface area contributed by atoms with Gasteiger partial charge in [-0.3, -0.25) is 0 Å². The van der Waals surface area contributed by atoms with Crippen LogP contribution in [0.4, 0.5) is 10.5 Å². The summed E-state index contributed by atoms with van der Waals surface area (Å²) in [5.74, 6) is 0.279. The zero-order chi connectivity index (χ0) is 20.5. The second-order valence-electron chi connectivity index (χ2n) is 8.93. The molecule has 1 amide bonds. The summed E-state index contributed by atoms with van der Waals surface area (Å²) in [6.45, 7) is 12.0. The third-order valence-corrected chi connectivity index (χ3v) is 6.37. The minimum Gasteiger partial charge on any atom is -0.444 e. The minimum absolute atomic E-state index is 0.213. The fourth-order valence-electron chi connectivity index (χ4n) is 4.24. The van der Waals surface area contributed by atoms with Gasteiger partial charge < -0.3 is 19.3 Å². The second kappa shape index (κ2) is 8.62. The SMILES string of the molecule is COCCN1CCCc2cc3c(c(Br)c21)CCN(C(=O)OC(C)(C)C)CC3C. The Hall–Kier alpha value is -1.27. The van der Waals surface area contributed by atoms with E-state index in [4.69, 9.17) is 9.47 Å². The number of carbonyl (C=O) groups is 1. The van der Waals surface area contributed by atoms with Gasteiger partial charge in [-0.05, 0) is 78.6 Å². The molecule has 0 aliphatic carbocycles. The lowest BCUT2D eigenvalue weighted by Gasteiger charge is -2.34. The highest BCUT2D eigenvalue weighted by atomic mass is 79.9. The predicted molar refractivity (Wildman–Crippen MR) is 116 cm³/mol. The zero-order valence-corrected chi connectivity index (χ0v) is 19.4. The summed E-state index contributed by atoms with van der Waals surface area (Å²) in [7, 11) is 1.75. The highest BCUT2D eigenvalue weighted by molar-refractivity contribution is 9.10. The van der Waals surface area contributed by atoms with Gasteiger partial charge in [0.1, 0.15) is 5.60 Å². The molecule has 28 heavy (non-hydrogen) atoms. The van der Waals surface area contributed by atoms with E-state index in [2.05, 4.69) is 33.8 Å². The highest BCUT2D eigenvalue weighted by Gasteiger charge is 2.31. The minimum atomic E-state index is -0.471. The third kappa shape index (κ3) is 4.65. The molecule has 2 heterocycles. The molecule has 2 aliphatic rings. The van der Waals surface area contributed by atoms with Crippen molar-refractivity contribution in [3.63, 3.8) is 0 Å². The molecule has 0 aromatic heterocycles. The number of carbonyl (C=O) groups excluding carboxylic acids is 1. The molecule has 6 heteroatoms. The maximum Gasteiger partial charge on any atom is 0.410 e. The Morgan fingerprint density at radius 2 is 2.04 bits per heavy atom. The quantitative estimate of drug-likeness (QED) is 0.663. The fourth-order valence-corrected chi connectivity index (χ4v) is 5.17. The van der Waals surface area contributed by atoms with Crippen molar-refractivity contribution in [1.29, 1.82) is 0 Å². The summed E-state index contributed by atoms with van der Waals surface area (Å²) in [5.41, 5.74) is 4.96. The van der Waals surface area contributed by atoms with Crippen molar-refractivity contribution in [1.82, 2.24) is 4.90 Å². The molecule has 156 valence electrons. The Kier molecular flexibility index (Phi) is 6.60. The number of hydrogen-bond acceptors (Lipinski definition) is 4. The van der Waals surface area contributed by atoms with Gasteiger partial charge in [-0.1, -0.05) is 13.0 Å². The molecule has 0 fully saturated rings. The number of fused-ring (bicyclic) bond motifs is 2. The monoisotopic (exact) mass is 452 g/mol. The van der Waals surface area contributed by atoms with Crippen LogP contribution in [-0.4, -0.2) is 56.5 Å². The number of hydrogen-bond donors (Lipinski definition) is 0. The number of benzene rings is 1. The largest absolute Gasteiger partial charge is 0.444 e. The van der Waals surface area contributed by atoms with Crippen molar-refractivity contribution in [2.45, 2.75) is 58.5 Å². The zero-order valence-electron chi connectivity index (χ0n) is 17.8. The molecule has 0 saturated carbocycles. The summed E-state index contributed by atoms with van der Waals surface area (Å²) in [4.78, 5) is 16.9. The van der Waals surface area contributed by atoms with Crippen LogP contribution < -0.4 is 4.90 Å². The van der Waals surface area contributed by atoms with Crippen LogP contribution in [-0.2, 0) is 22.3 Å². The molecule has 0 bridgehead atoms. The number of amides is 1. The van der Waals surface area contributed by atoms with E-state index in [9.17, 15) is 4.79 Å². The Balaban J connectivity index is 1.89. The van der Waals surface area contributed by atoms with Crippen molar-refractivity contribution >= 4 is 27.7 Å². The van der Waals surface area contributed by atoms with Crippen LogP contribution in [0.2, 0.25) is 0 Å². The summed E-state index contributed by atoms with van der Waals surface area (Å²) >= 11 is 3.94. The Morgan fingerprint density at radius 3 is 2.71 bits per heavy atom. The standard InChI is InChI=1S/C22H33BrN2O3/c1-15-14-25(21(26)28-22(2,3)4)10-8-17-18(15)13-16-7-6-9-24(11-12-27-5)20(16)19(17)23/h13,15H,6-12,14H2,1-5H3. The molecular weight excluding hydrogens is 420 g/mol. The first-order valence-corrected chi connectivity index (χ1v) is 11.1. The van der Waals surface area contributed by atoms with E-state index in [1.807, 2.05) is 25.7 Å². The maximum atomic E-state index is 12.6. The van der Waals surface area contributed by atoms with E-state index >= 15 is 0 Å². The molecule has 1 aromatic rings. The van der Waals surface area contributed by atoms with Crippen LogP contribution in [0.25, 0.3) is 0 Å². The first-order chi connectivity index (χ1) is 13.2. The lowest BCUT2D eigenvalue weighted by atomic mass is 9.89. The fraction of sp³-hybridized carbons (Fsp3) is 0.682. The van der Waals surface area contributed by atoms with E-state index in [1.54, 1.807) is 7.11 Å². The van der Waals surface area contributed by atoms with Gasteiger partial charge in [0, 0.05) is 37.8 Å². The van der Waals surface area contributed by atoms with Crippen LogP contribution in [0, 0.1) is 0 Å². The van der Waals surface area contributed by atoms with Gasteiger partial charge in [-0.15, -0.1) is 0 Å². The average molecular weight is 453 g/mol. The van der Waals surface area contributed by atoms with Gasteiger partial charge in [0.25, 0.3) is 0 Å². The molecule has 3 rings (SSSR count). The van der Waals surface area contributed by atoms with Crippen molar-refractivity contribution < 1.29 is 14.3 Å². The number of halogens is 1. The number of ether oxygens (including phenoxy) is 2. The van der Waals surface area contributed by atoms with Gasteiger partial charge >= 0.3 is 6.09 Å². The molecule has 0 radical (unpaired) electrons. The highest BCUT2D eigenvalue weighted by Crippen LogP contribution is 2.42. The maximum absolute atomic E-state index is 12.6. The van der Waals surface area contributed by atoms with Crippen LogP contribution in [0.3, 0.4) is 0 Å². The summed E-state index contributed by atoms with van der Waals surface area (Å²) in [6.07, 6.45) is 2.90. The van der Waals surface area contributed by atoms with Crippen molar-refractivity contribution in [2.75, 3.05) is 44.8 Å². The number of methoxy groups -OCH3 is 1. The van der Waals surface area contributed by atoms with E-state index in [1.165, 1.54) is 33.3 Å². The van der Waals surface area contributed by atoms with Crippen molar-refractivity contribution in [3.05, 3.63) is 27.2 Å². The van der Waals surface area contributed by atoms with Gasteiger partial charge in [0.05, 0.1) is 12.3 Å². The van der Waals surface area contributed by atoms with E-state index in [-0.39, 0.29) is 12.0 Å².